The highest BCUT2D eigenvalue weighted by Crippen LogP contribution is 2.09. The Morgan fingerprint density at radius 1 is 1.13 bits per heavy atom. The van der Waals surface area contributed by atoms with Crippen molar-refractivity contribution in [2.24, 2.45) is 17.6 Å². The van der Waals surface area contributed by atoms with Crippen molar-refractivity contribution in [1.29, 1.82) is 0 Å². The Bertz CT molecular complexity index is 169. The average Bonchev–Trinajstić information content (AvgIpc) is 2.21. The van der Waals surface area contributed by atoms with E-state index in [-0.39, 0.29) is 11.8 Å². The Hall–Kier alpha value is -0.570. The number of hydrogen-bond donors (Lipinski definition) is 2. The van der Waals surface area contributed by atoms with Crippen LogP contribution in [0.5, 0.6) is 0 Å². The van der Waals surface area contributed by atoms with Crippen LogP contribution in [0, 0.1) is 11.8 Å². The maximum absolute atomic E-state index is 11.5. The normalized spacial score (nSPS) is 12.9. The van der Waals surface area contributed by atoms with Gasteiger partial charge in [-0.15, -0.1) is 0 Å². The van der Waals surface area contributed by atoms with Gasteiger partial charge in [0.15, 0.2) is 0 Å². The van der Waals surface area contributed by atoms with Crippen LogP contribution in [-0.4, -0.2) is 19.0 Å². The highest BCUT2D eigenvalue weighted by Gasteiger charge is 2.15. The van der Waals surface area contributed by atoms with Crippen molar-refractivity contribution >= 4 is 5.91 Å². The topological polar surface area (TPSA) is 55.1 Å². The number of carbonyl (C=O) groups is 1. The van der Waals surface area contributed by atoms with Crippen molar-refractivity contribution in [1.82, 2.24) is 5.32 Å². The van der Waals surface area contributed by atoms with Gasteiger partial charge in [0.2, 0.25) is 5.91 Å². The van der Waals surface area contributed by atoms with E-state index in [1.807, 2.05) is 6.92 Å². The lowest BCUT2D eigenvalue weighted by Gasteiger charge is -2.15. The predicted molar refractivity (Wildman–Crippen MR) is 64.5 cm³/mol. The van der Waals surface area contributed by atoms with Crippen LogP contribution >= 0.6 is 0 Å². The molecule has 0 aliphatic heterocycles. The third kappa shape index (κ3) is 7.37. The van der Waals surface area contributed by atoms with Gasteiger partial charge in [-0.1, -0.05) is 33.6 Å². The number of nitrogens with one attached hydrogen (secondary N) is 1. The molecule has 0 spiro atoms. The smallest absolute Gasteiger partial charge is 0.223 e. The van der Waals surface area contributed by atoms with E-state index in [4.69, 9.17) is 5.73 Å². The summed E-state index contributed by atoms with van der Waals surface area (Å²) in [5.74, 6) is 0.722. The quantitative estimate of drug-likeness (QED) is 0.606. The highest BCUT2D eigenvalue weighted by atomic mass is 16.1. The van der Waals surface area contributed by atoms with Crippen molar-refractivity contribution in [2.75, 3.05) is 13.1 Å². The number of rotatable bonds is 8. The van der Waals surface area contributed by atoms with Gasteiger partial charge >= 0.3 is 0 Å². The molecular weight excluding hydrogens is 188 g/mol. The van der Waals surface area contributed by atoms with Crippen molar-refractivity contribution in [3.8, 4) is 0 Å². The van der Waals surface area contributed by atoms with Gasteiger partial charge in [0.05, 0.1) is 0 Å². The molecule has 0 aromatic heterocycles. The SMILES string of the molecule is CC(C)C(C)C(=O)NCCCCCCN. The van der Waals surface area contributed by atoms with Gasteiger partial charge in [-0.2, -0.15) is 0 Å². The second-order valence-electron chi connectivity index (χ2n) is 4.53. The molecule has 3 heteroatoms. The van der Waals surface area contributed by atoms with E-state index in [9.17, 15) is 4.79 Å². The van der Waals surface area contributed by atoms with Gasteiger partial charge < -0.3 is 11.1 Å². The molecule has 3 N–H and O–H groups in total. The first kappa shape index (κ1) is 14.4. The molecule has 0 rings (SSSR count). The molecule has 1 atom stereocenters. The van der Waals surface area contributed by atoms with Gasteiger partial charge in [-0.25, -0.2) is 0 Å². The molecule has 0 aromatic carbocycles. The summed E-state index contributed by atoms with van der Waals surface area (Å²) in [4.78, 5) is 11.5. The van der Waals surface area contributed by atoms with E-state index in [2.05, 4.69) is 19.2 Å². The molecule has 0 radical (unpaired) electrons. The van der Waals surface area contributed by atoms with E-state index in [1.54, 1.807) is 0 Å². The van der Waals surface area contributed by atoms with Crippen molar-refractivity contribution < 1.29 is 4.79 Å². The molecule has 0 saturated heterocycles. The van der Waals surface area contributed by atoms with E-state index >= 15 is 0 Å². The molecule has 0 heterocycles. The van der Waals surface area contributed by atoms with E-state index in [0.717, 1.165) is 32.4 Å². The lowest BCUT2D eigenvalue weighted by molar-refractivity contribution is -0.125. The van der Waals surface area contributed by atoms with E-state index < -0.39 is 0 Å². The van der Waals surface area contributed by atoms with E-state index in [0.29, 0.717) is 5.92 Å². The first-order valence-corrected chi connectivity index (χ1v) is 6.07. The number of carbonyl (C=O) groups excluding carboxylic acids is 1. The van der Waals surface area contributed by atoms with Crippen LogP contribution in [0.15, 0.2) is 0 Å². The van der Waals surface area contributed by atoms with Crippen molar-refractivity contribution in [3.05, 3.63) is 0 Å². The first-order valence-electron chi connectivity index (χ1n) is 6.07. The molecule has 0 aromatic rings. The number of unbranched alkanes of at least 4 members (excludes halogenated alkanes) is 3. The summed E-state index contributed by atoms with van der Waals surface area (Å²) >= 11 is 0. The molecule has 1 unspecified atom stereocenters. The van der Waals surface area contributed by atoms with E-state index in [1.165, 1.54) is 6.42 Å². The van der Waals surface area contributed by atoms with Gasteiger partial charge in [0, 0.05) is 12.5 Å². The lowest BCUT2D eigenvalue weighted by Crippen LogP contribution is -2.32. The summed E-state index contributed by atoms with van der Waals surface area (Å²) in [6.45, 7) is 7.71. The third-order valence-corrected chi connectivity index (χ3v) is 2.84. The first-order chi connectivity index (χ1) is 7.09. The molecule has 0 fully saturated rings. The van der Waals surface area contributed by atoms with Crippen molar-refractivity contribution in [3.63, 3.8) is 0 Å². The maximum Gasteiger partial charge on any atom is 0.223 e. The van der Waals surface area contributed by atoms with Crippen LogP contribution in [0.1, 0.15) is 46.5 Å². The number of amides is 1. The van der Waals surface area contributed by atoms with Crippen LogP contribution in [0.3, 0.4) is 0 Å². The molecule has 15 heavy (non-hydrogen) atoms. The maximum atomic E-state index is 11.5. The van der Waals surface area contributed by atoms with Crippen LogP contribution in [0.25, 0.3) is 0 Å². The second kappa shape index (κ2) is 8.72. The minimum absolute atomic E-state index is 0.119. The van der Waals surface area contributed by atoms with Crippen molar-refractivity contribution in [2.45, 2.75) is 46.5 Å². The molecule has 0 bridgehead atoms. The van der Waals surface area contributed by atoms with Gasteiger partial charge in [-0.05, 0) is 25.3 Å². The molecule has 90 valence electrons. The van der Waals surface area contributed by atoms with Crippen LogP contribution in [0.4, 0.5) is 0 Å². The molecular formula is C12H26N2O. The molecule has 1 amide bonds. The summed E-state index contributed by atoms with van der Waals surface area (Å²) in [5, 5.41) is 2.97. The summed E-state index contributed by atoms with van der Waals surface area (Å²) in [6.07, 6.45) is 4.49. The largest absolute Gasteiger partial charge is 0.356 e. The Morgan fingerprint density at radius 3 is 2.27 bits per heavy atom. The number of hydrogen-bond acceptors (Lipinski definition) is 2. The zero-order valence-electron chi connectivity index (χ0n) is 10.4. The molecule has 0 aliphatic rings. The van der Waals surface area contributed by atoms with Crippen LogP contribution < -0.4 is 11.1 Å². The van der Waals surface area contributed by atoms with Gasteiger partial charge in [0.25, 0.3) is 0 Å². The minimum atomic E-state index is 0.119. The Labute approximate surface area is 93.8 Å². The summed E-state index contributed by atoms with van der Waals surface area (Å²) in [5.41, 5.74) is 5.39. The second-order valence-corrected chi connectivity index (χ2v) is 4.53. The van der Waals surface area contributed by atoms with Crippen LogP contribution in [0.2, 0.25) is 0 Å². The lowest BCUT2D eigenvalue weighted by atomic mass is 9.97. The molecule has 0 saturated carbocycles. The Balaban J connectivity index is 3.39. The average molecular weight is 214 g/mol. The fourth-order valence-corrected chi connectivity index (χ4v) is 1.30. The Morgan fingerprint density at radius 2 is 1.73 bits per heavy atom. The Kier molecular flexibility index (Phi) is 8.38. The molecule has 3 nitrogen and oxygen atoms in total. The third-order valence-electron chi connectivity index (χ3n) is 2.84. The van der Waals surface area contributed by atoms with Crippen LogP contribution in [-0.2, 0) is 4.79 Å². The standard InChI is InChI=1S/C12H26N2O/c1-10(2)11(3)12(15)14-9-7-5-4-6-8-13/h10-11H,4-9,13H2,1-3H3,(H,14,15). The van der Waals surface area contributed by atoms with Gasteiger partial charge in [0.1, 0.15) is 0 Å². The summed E-state index contributed by atoms with van der Waals surface area (Å²) < 4.78 is 0. The predicted octanol–water partition coefficient (Wildman–Crippen LogP) is 1.91. The zero-order chi connectivity index (χ0) is 11.7. The zero-order valence-corrected chi connectivity index (χ0v) is 10.4. The fraction of sp³-hybridized carbons (Fsp3) is 0.917. The van der Waals surface area contributed by atoms with Gasteiger partial charge in [-0.3, -0.25) is 4.79 Å². The fourth-order valence-electron chi connectivity index (χ4n) is 1.30. The minimum Gasteiger partial charge on any atom is -0.356 e. The summed E-state index contributed by atoms with van der Waals surface area (Å²) in [6, 6.07) is 0. The highest BCUT2D eigenvalue weighted by molar-refractivity contribution is 5.78. The molecule has 0 aliphatic carbocycles. The number of nitrogens with two attached hydrogens (primary N) is 1. The monoisotopic (exact) mass is 214 g/mol. The summed E-state index contributed by atoms with van der Waals surface area (Å²) in [7, 11) is 0.